The minimum atomic E-state index is -1.55. The Kier molecular flexibility index (Phi) is 4.97. The van der Waals surface area contributed by atoms with Gasteiger partial charge in [0.1, 0.15) is 5.82 Å². The first-order chi connectivity index (χ1) is 12.3. The summed E-state index contributed by atoms with van der Waals surface area (Å²) in [5.41, 5.74) is 0.385. The van der Waals surface area contributed by atoms with Gasteiger partial charge in [0.2, 0.25) is 11.9 Å². The van der Waals surface area contributed by atoms with Gasteiger partial charge >= 0.3 is 0 Å². The second-order valence-corrected chi connectivity index (χ2v) is 6.03. The van der Waals surface area contributed by atoms with E-state index in [0.29, 0.717) is 37.7 Å². The summed E-state index contributed by atoms with van der Waals surface area (Å²) in [7, 11) is 0. The van der Waals surface area contributed by atoms with E-state index in [2.05, 4.69) is 15.3 Å². The molecule has 0 bridgehead atoms. The van der Waals surface area contributed by atoms with Crippen LogP contribution in [-0.4, -0.2) is 47.0 Å². The molecule has 0 unspecified atom stereocenters. The summed E-state index contributed by atoms with van der Waals surface area (Å²) < 4.78 is 40.3. The standard InChI is InChI=1S/C17H18F3N5O/c1-10-9-14(25-7-5-24(6-8-25)11(2)26)23-17(21-10)22-13-4-3-12(18)15(19)16(13)20/h3-4,9H,5-8H2,1-2H3,(H,21,22,23). The number of hydrogen-bond donors (Lipinski definition) is 1. The molecule has 2 aromatic rings. The molecule has 0 aliphatic carbocycles. The van der Waals surface area contributed by atoms with Crippen LogP contribution in [-0.2, 0) is 4.79 Å². The highest BCUT2D eigenvalue weighted by Crippen LogP contribution is 2.24. The minimum Gasteiger partial charge on any atom is -0.353 e. The number of anilines is 3. The van der Waals surface area contributed by atoms with Gasteiger partial charge in [-0.15, -0.1) is 0 Å². The lowest BCUT2D eigenvalue weighted by atomic mass is 10.3. The van der Waals surface area contributed by atoms with Crippen LogP contribution in [0.4, 0.5) is 30.6 Å². The van der Waals surface area contributed by atoms with Gasteiger partial charge in [-0.25, -0.2) is 18.2 Å². The Bertz CT molecular complexity index is 837. The Morgan fingerprint density at radius 1 is 1.08 bits per heavy atom. The molecule has 1 aromatic carbocycles. The largest absolute Gasteiger partial charge is 0.353 e. The second kappa shape index (κ2) is 7.19. The van der Waals surface area contributed by atoms with Crippen LogP contribution in [0.5, 0.6) is 0 Å². The third-order valence-electron chi connectivity index (χ3n) is 4.17. The third kappa shape index (κ3) is 3.71. The summed E-state index contributed by atoms with van der Waals surface area (Å²) in [6.45, 7) is 5.66. The van der Waals surface area contributed by atoms with Crippen molar-refractivity contribution in [2.24, 2.45) is 0 Å². The molecule has 1 amide bonds. The number of rotatable bonds is 3. The fourth-order valence-electron chi connectivity index (χ4n) is 2.76. The number of carbonyl (C=O) groups is 1. The molecule has 1 saturated heterocycles. The fourth-order valence-corrected chi connectivity index (χ4v) is 2.76. The molecule has 1 aromatic heterocycles. The van der Waals surface area contributed by atoms with Crippen molar-refractivity contribution in [1.82, 2.24) is 14.9 Å². The summed E-state index contributed by atoms with van der Waals surface area (Å²) in [5, 5.41) is 2.59. The van der Waals surface area contributed by atoms with Crippen LogP contribution in [0.15, 0.2) is 18.2 Å². The van der Waals surface area contributed by atoms with Gasteiger partial charge in [0.05, 0.1) is 5.69 Å². The van der Waals surface area contributed by atoms with E-state index in [4.69, 9.17) is 0 Å². The highest BCUT2D eigenvalue weighted by atomic mass is 19.2. The lowest BCUT2D eigenvalue weighted by Crippen LogP contribution is -2.48. The Morgan fingerprint density at radius 2 is 1.77 bits per heavy atom. The average molecular weight is 365 g/mol. The highest BCUT2D eigenvalue weighted by molar-refractivity contribution is 5.73. The van der Waals surface area contributed by atoms with Crippen molar-refractivity contribution >= 4 is 23.4 Å². The van der Waals surface area contributed by atoms with Crippen LogP contribution in [0.2, 0.25) is 0 Å². The number of piperazine rings is 1. The SMILES string of the molecule is CC(=O)N1CCN(c2cc(C)nc(Nc3ccc(F)c(F)c3F)n2)CC1. The normalized spacial score (nSPS) is 14.5. The number of hydrogen-bond acceptors (Lipinski definition) is 5. The summed E-state index contributed by atoms with van der Waals surface area (Å²) in [5.74, 6) is -3.41. The number of aryl methyl sites for hydroxylation is 1. The minimum absolute atomic E-state index is 0.0275. The van der Waals surface area contributed by atoms with E-state index >= 15 is 0 Å². The predicted molar refractivity (Wildman–Crippen MR) is 90.8 cm³/mol. The van der Waals surface area contributed by atoms with Crippen molar-refractivity contribution in [3.05, 3.63) is 41.3 Å². The van der Waals surface area contributed by atoms with Crippen molar-refractivity contribution in [3.8, 4) is 0 Å². The fraction of sp³-hybridized carbons (Fsp3) is 0.353. The molecule has 26 heavy (non-hydrogen) atoms. The Labute approximate surface area is 148 Å². The van der Waals surface area contributed by atoms with E-state index in [0.717, 1.165) is 12.1 Å². The number of nitrogens with zero attached hydrogens (tertiary/aromatic N) is 4. The molecular formula is C17H18F3N5O. The van der Waals surface area contributed by atoms with Crippen molar-refractivity contribution < 1.29 is 18.0 Å². The summed E-state index contributed by atoms with van der Waals surface area (Å²) in [4.78, 5) is 23.7. The van der Waals surface area contributed by atoms with E-state index < -0.39 is 17.5 Å². The van der Waals surface area contributed by atoms with E-state index in [1.807, 2.05) is 4.90 Å². The van der Waals surface area contributed by atoms with Crippen LogP contribution in [0.25, 0.3) is 0 Å². The van der Waals surface area contributed by atoms with Crippen LogP contribution in [0.1, 0.15) is 12.6 Å². The molecule has 2 heterocycles. The molecule has 6 nitrogen and oxygen atoms in total. The molecule has 1 fully saturated rings. The average Bonchev–Trinajstić information content (AvgIpc) is 2.62. The molecule has 1 N–H and O–H groups in total. The summed E-state index contributed by atoms with van der Waals surface area (Å²) in [6, 6.07) is 3.69. The molecule has 9 heteroatoms. The number of carbonyl (C=O) groups excluding carboxylic acids is 1. The summed E-state index contributed by atoms with van der Waals surface area (Å²) in [6.07, 6.45) is 0. The van der Waals surface area contributed by atoms with E-state index in [1.165, 1.54) is 6.92 Å². The molecular weight excluding hydrogens is 347 g/mol. The first-order valence-corrected chi connectivity index (χ1v) is 8.12. The van der Waals surface area contributed by atoms with Crippen LogP contribution < -0.4 is 10.2 Å². The van der Waals surface area contributed by atoms with E-state index in [-0.39, 0.29) is 17.5 Å². The predicted octanol–water partition coefficient (Wildman–Crippen LogP) is 2.61. The van der Waals surface area contributed by atoms with E-state index in [9.17, 15) is 18.0 Å². The topological polar surface area (TPSA) is 61.4 Å². The maximum atomic E-state index is 13.8. The first kappa shape index (κ1) is 18.0. The van der Waals surface area contributed by atoms with Crippen LogP contribution in [0, 0.1) is 24.4 Å². The Balaban J connectivity index is 1.81. The zero-order chi connectivity index (χ0) is 18.8. The van der Waals surface area contributed by atoms with Crippen molar-refractivity contribution in [1.29, 1.82) is 0 Å². The molecule has 0 saturated carbocycles. The molecule has 0 radical (unpaired) electrons. The zero-order valence-electron chi connectivity index (χ0n) is 14.4. The van der Waals surface area contributed by atoms with Gasteiger partial charge in [-0.1, -0.05) is 0 Å². The molecule has 1 aliphatic rings. The highest BCUT2D eigenvalue weighted by Gasteiger charge is 2.21. The summed E-state index contributed by atoms with van der Waals surface area (Å²) >= 11 is 0. The number of halogens is 3. The van der Waals surface area contributed by atoms with Gasteiger partial charge < -0.3 is 15.1 Å². The Hall–Kier alpha value is -2.84. The number of aromatic nitrogens is 2. The van der Waals surface area contributed by atoms with Gasteiger partial charge in [-0.3, -0.25) is 4.79 Å². The van der Waals surface area contributed by atoms with Crippen molar-refractivity contribution in [2.75, 3.05) is 36.4 Å². The van der Waals surface area contributed by atoms with Gasteiger partial charge in [0.25, 0.3) is 0 Å². The quantitative estimate of drug-likeness (QED) is 0.848. The molecule has 1 aliphatic heterocycles. The van der Waals surface area contributed by atoms with Crippen LogP contribution >= 0.6 is 0 Å². The first-order valence-electron chi connectivity index (χ1n) is 8.12. The number of amides is 1. The third-order valence-corrected chi connectivity index (χ3v) is 4.17. The second-order valence-electron chi connectivity index (χ2n) is 6.03. The number of benzene rings is 1. The van der Waals surface area contributed by atoms with Gasteiger partial charge in [0, 0.05) is 44.9 Å². The molecule has 0 atom stereocenters. The molecule has 3 rings (SSSR count). The maximum absolute atomic E-state index is 13.8. The van der Waals surface area contributed by atoms with Gasteiger partial charge in [0.15, 0.2) is 17.5 Å². The van der Waals surface area contributed by atoms with Gasteiger partial charge in [-0.2, -0.15) is 4.98 Å². The smallest absolute Gasteiger partial charge is 0.229 e. The monoisotopic (exact) mass is 365 g/mol. The maximum Gasteiger partial charge on any atom is 0.229 e. The molecule has 138 valence electrons. The zero-order valence-corrected chi connectivity index (χ0v) is 14.4. The lowest BCUT2D eigenvalue weighted by Gasteiger charge is -2.35. The lowest BCUT2D eigenvalue weighted by molar-refractivity contribution is -0.129. The van der Waals surface area contributed by atoms with Crippen LogP contribution in [0.3, 0.4) is 0 Å². The van der Waals surface area contributed by atoms with Gasteiger partial charge in [-0.05, 0) is 19.1 Å². The van der Waals surface area contributed by atoms with Crippen molar-refractivity contribution in [3.63, 3.8) is 0 Å². The Morgan fingerprint density at radius 3 is 2.42 bits per heavy atom. The number of nitrogens with one attached hydrogen (secondary N) is 1. The van der Waals surface area contributed by atoms with Crippen molar-refractivity contribution in [2.45, 2.75) is 13.8 Å². The molecule has 0 spiro atoms. The van der Waals surface area contributed by atoms with E-state index in [1.54, 1.807) is 17.9 Å².